The van der Waals surface area contributed by atoms with Gasteiger partial charge in [0.1, 0.15) is 11.6 Å². The molecule has 3 rings (SSSR count). The fraction of sp³-hybridized carbons (Fsp3) is 0.143. The molecule has 1 aromatic carbocycles. The minimum atomic E-state index is -0.304. The van der Waals surface area contributed by atoms with Gasteiger partial charge in [-0.2, -0.15) is 0 Å². The predicted octanol–water partition coefficient (Wildman–Crippen LogP) is 4.58. The minimum Gasteiger partial charge on any atom is -0.370 e. The lowest BCUT2D eigenvalue weighted by atomic mass is 10.2. The van der Waals surface area contributed by atoms with E-state index in [1.807, 2.05) is 18.4 Å². The van der Waals surface area contributed by atoms with Crippen molar-refractivity contribution in [3.05, 3.63) is 40.5 Å². The van der Waals surface area contributed by atoms with E-state index in [2.05, 4.69) is 15.3 Å². The number of aromatic nitrogens is 2. The fourth-order valence-corrected chi connectivity index (χ4v) is 3.03. The molecule has 20 heavy (non-hydrogen) atoms. The highest BCUT2D eigenvalue weighted by atomic mass is 35.5. The van der Waals surface area contributed by atoms with E-state index in [-0.39, 0.29) is 5.82 Å². The van der Waals surface area contributed by atoms with E-state index in [1.54, 1.807) is 6.07 Å². The van der Waals surface area contributed by atoms with E-state index in [0.717, 1.165) is 4.88 Å². The van der Waals surface area contributed by atoms with Crippen LogP contribution in [0.5, 0.6) is 0 Å². The van der Waals surface area contributed by atoms with Crippen LogP contribution in [0.15, 0.2) is 29.6 Å². The van der Waals surface area contributed by atoms with Crippen LogP contribution in [-0.2, 0) is 0 Å². The zero-order valence-corrected chi connectivity index (χ0v) is 12.2. The molecule has 0 aliphatic heterocycles. The molecule has 2 aromatic heterocycles. The summed E-state index contributed by atoms with van der Waals surface area (Å²) in [5.74, 6) is 0.874. The topological polar surface area (TPSA) is 37.8 Å². The summed E-state index contributed by atoms with van der Waals surface area (Å²) >= 11 is 7.61. The SMILES string of the molecule is CCNc1nc(-c2sccc2Cl)nc2ccc(F)cc12. The van der Waals surface area contributed by atoms with Gasteiger partial charge in [-0.1, -0.05) is 11.6 Å². The third-order valence-corrected chi connectivity index (χ3v) is 4.16. The largest absolute Gasteiger partial charge is 0.370 e. The lowest BCUT2D eigenvalue weighted by Gasteiger charge is -2.09. The van der Waals surface area contributed by atoms with Gasteiger partial charge in [-0.3, -0.25) is 0 Å². The Hall–Kier alpha value is -1.72. The smallest absolute Gasteiger partial charge is 0.173 e. The standard InChI is InChI=1S/C14H11ClFN3S/c1-2-17-13-9-7-8(16)3-4-11(9)18-14(19-13)12-10(15)5-6-20-12/h3-7H,2H2,1H3,(H,17,18,19). The molecule has 0 aliphatic carbocycles. The van der Waals surface area contributed by atoms with Crippen LogP contribution in [0, 0.1) is 5.82 Å². The zero-order chi connectivity index (χ0) is 14.1. The number of halogens is 2. The first-order valence-corrected chi connectivity index (χ1v) is 7.39. The number of nitrogens with zero attached hydrogens (tertiary/aromatic N) is 2. The molecule has 0 unspecified atom stereocenters. The van der Waals surface area contributed by atoms with Gasteiger partial charge in [-0.25, -0.2) is 14.4 Å². The van der Waals surface area contributed by atoms with E-state index in [9.17, 15) is 4.39 Å². The molecule has 6 heteroatoms. The second-order valence-corrected chi connectivity index (χ2v) is 5.51. The number of fused-ring (bicyclic) bond motifs is 1. The van der Waals surface area contributed by atoms with E-state index < -0.39 is 0 Å². The molecule has 1 N–H and O–H groups in total. The maximum absolute atomic E-state index is 13.4. The van der Waals surface area contributed by atoms with E-state index in [4.69, 9.17) is 11.6 Å². The number of thiophene rings is 1. The average molecular weight is 308 g/mol. The Morgan fingerprint density at radius 1 is 1.30 bits per heavy atom. The Morgan fingerprint density at radius 3 is 2.85 bits per heavy atom. The number of rotatable bonds is 3. The minimum absolute atomic E-state index is 0.304. The first kappa shape index (κ1) is 13.3. The van der Waals surface area contributed by atoms with Gasteiger partial charge in [0.05, 0.1) is 15.4 Å². The Bertz CT molecular complexity index is 772. The van der Waals surface area contributed by atoms with Crippen LogP contribution >= 0.6 is 22.9 Å². The highest BCUT2D eigenvalue weighted by Gasteiger charge is 2.13. The second-order valence-electron chi connectivity index (χ2n) is 4.19. The van der Waals surface area contributed by atoms with Gasteiger partial charge in [0.25, 0.3) is 0 Å². The molecule has 0 saturated carbocycles. The summed E-state index contributed by atoms with van der Waals surface area (Å²) in [5.41, 5.74) is 0.691. The second kappa shape index (κ2) is 5.34. The number of benzene rings is 1. The van der Waals surface area contributed by atoms with Gasteiger partial charge in [0.15, 0.2) is 5.82 Å². The quantitative estimate of drug-likeness (QED) is 0.769. The lowest BCUT2D eigenvalue weighted by molar-refractivity contribution is 0.629. The Morgan fingerprint density at radius 2 is 2.15 bits per heavy atom. The molecule has 0 radical (unpaired) electrons. The molecule has 0 atom stereocenters. The van der Waals surface area contributed by atoms with Crippen molar-refractivity contribution in [2.75, 3.05) is 11.9 Å². The van der Waals surface area contributed by atoms with Crippen molar-refractivity contribution in [2.24, 2.45) is 0 Å². The van der Waals surface area contributed by atoms with Crippen LogP contribution < -0.4 is 5.32 Å². The van der Waals surface area contributed by atoms with Crippen molar-refractivity contribution >= 4 is 39.7 Å². The average Bonchev–Trinajstić information content (AvgIpc) is 2.85. The molecule has 0 aliphatic rings. The molecule has 3 aromatic rings. The van der Waals surface area contributed by atoms with Crippen molar-refractivity contribution in [3.8, 4) is 10.7 Å². The molecule has 102 valence electrons. The predicted molar refractivity (Wildman–Crippen MR) is 82.0 cm³/mol. The van der Waals surface area contributed by atoms with Crippen molar-refractivity contribution in [2.45, 2.75) is 6.92 Å². The third kappa shape index (κ3) is 2.34. The molecule has 0 bridgehead atoms. The normalized spacial score (nSPS) is 10.9. The monoisotopic (exact) mass is 307 g/mol. The van der Waals surface area contributed by atoms with Gasteiger partial charge in [-0.05, 0) is 36.6 Å². The van der Waals surface area contributed by atoms with Crippen molar-refractivity contribution in [1.29, 1.82) is 0 Å². The van der Waals surface area contributed by atoms with Crippen LogP contribution in [0.3, 0.4) is 0 Å². The highest BCUT2D eigenvalue weighted by Crippen LogP contribution is 2.33. The van der Waals surface area contributed by atoms with Crippen LogP contribution in [0.4, 0.5) is 10.2 Å². The molecular formula is C14H11ClFN3S. The molecule has 0 saturated heterocycles. The Labute approximate surface area is 124 Å². The maximum atomic E-state index is 13.4. The molecular weight excluding hydrogens is 297 g/mol. The molecule has 0 amide bonds. The number of hydrogen-bond donors (Lipinski definition) is 1. The highest BCUT2D eigenvalue weighted by molar-refractivity contribution is 7.14. The van der Waals surface area contributed by atoms with Crippen LogP contribution in [0.2, 0.25) is 5.02 Å². The molecule has 0 spiro atoms. The van der Waals surface area contributed by atoms with Gasteiger partial charge in [-0.15, -0.1) is 11.3 Å². The molecule has 3 nitrogen and oxygen atoms in total. The lowest BCUT2D eigenvalue weighted by Crippen LogP contribution is -2.03. The Balaban J connectivity index is 2.25. The van der Waals surface area contributed by atoms with E-state index >= 15 is 0 Å². The fourth-order valence-electron chi connectivity index (χ4n) is 1.96. The van der Waals surface area contributed by atoms with Gasteiger partial charge >= 0.3 is 0 Å². The Kier molecular flexibility index (Phi) is 3.54. The third-order valence-electron chi connectivity index (χ3n) is 2.82. The van der Waals surface area contributed by atoms with E-state index in [0.29, 0.717) is 34.1 Å². The summed E-state index contributed by atoms with van der Waals surface area (Å²) in [7, 11) is 0. The summed E-state index contributed by atoms with van der Waals surface area (Å²) in [5, 5.41) is 6.33. The van der Waals surface area contributed by atoms with Crippen LogP contribution in [0.1, 0.15) is 6.92 Å². The van der Waals surface area contributed by atoms with Gasteiger partial charge < -0.3 is 5.32 Å². The summed E-state index contributed by atoms with van der Waals surface area (Å²) < 4.78 is 13.4. The summed E-state index contributed by atoms with van der Waals surface area (Å²) in [6.45, 7) is 2.66. The summed E-state index contributed by atoms with van der Waals surface area (Å²) in [4.78, 5) is 9.76. The van der Waals surface area contributed by atoms with Crippen molar-refractivity contribution < 1.29 is 4.39 Å². The molecule has 0 fully saturated rings. The molecule has 2 heterocycles. The van der Waals surface area contributed by atoms with Crippen LogP contribution in [0.25, 0.3) is 21.6 Å². The number of nitrogens with one attached hydrogen (secondary N) is 1. The van der Waals surface area contributed by atoms with Gasteiger partial charge in [0.2, 0.25) is 0 Å². The summed E-state index contributed by atoms with van der Waals surface area (Å²) in [6.07, 6.45) is 0. The first-order chi connectivity index (χ1) is 9.69. The first-order valence-electron chi connectivity index (χ1n) is 6.13. The van der Waals surface area contributed by atoms with Crippen LogP contribution in [-0.4, -0.2) is 16.5 Å². The summed E-state index contributed by atoms with van der Waals surface area (Å²) in [6, 6.07) is 6.29. The van der Waals surface area contributed by atoms with E-state index in [1.165, 1.54) is 23.5 Å². The van der Waals surface area contributed by atoms with Crippen molar-refractivity contribution in [1.82, 2.24) is 9.97 Å². The zero-order valence-electron chi connectivity index (χ0n) is 10.7. The number of hydrogen-bond acceptors (Lipinski definition) is 4. The van der Waals surface area contributed by atoms with Crippen molar-refractivity contribution in [3.63, 3.8) is 0 Å². The maximum Gasteiger partial charge on any atom is 0.173 e. The van der Waals surface area contributed by atoms with Gasteiger partial charge in [0, 0.05) is 11.9 Å². The number of anilines is 1.